The van der Waals surface area contributed by atoms with Crippen molar-refractivity contribution in [3.63, 3.8) is 0 Å². The molecule has 1 rings (SSSR count). The predicted molar refractivity (Wildman–Crippen MR) is 103 cm³/mol. The average Bonchev–Trinajstić information content (AvgIpc) is 2.43. The largest absolute Gasteiger partial charge is 0.493 e. The van der Waals surface area contributed by atoms with Crippen molar-refractivity contribution in [2.45, 2.75) is 39.8 Å². The van der Waals surface area contributed by atoms with Crippen LogP contribution in [-0.4, -0.2) is 32.3 Å². The summed E-state index contributed by atoms with van der Waals surface area (Å²) in [6, 6.07) is 5.84. The second-order valence-electron chi connectivity index (χ2n) is 5.76. The van der Waals surface area contributed by atoms with Gasteiger partial charge in [0.25, 0.3) is 0 Å². The highest BCUT2D eigenvalue weighted by molar-refractivity contribution is 14.0. The summed E-state index contributed by atoms with van der Waals surface area (Å²) in [7, 11) is 3.27. The molecule has 0 spiro atoms. The number of hydrogen-bond acceptors (Lipinski definition) is 3. The van der Waals surface area contributed by atoms with Crippen LogP contribution in [0.4, 0.5) is 0 Å². The molecule has 1 aromatic carbocycles. The molecular weight excluding hydrogens is 393 g/mol. The van der Waals surface area contributed by atoms with Crippen LogP contribution in [0.15, 0.2) is 23.2 Å². The molecule has 0 saturated heterocycles. The van der Waals surface area contributed by atoms with Crippen LogP contribution in [0.3, 0.4) is 0 Å². The fourth-order valence-electron chi connectivity index (χ4n) is 1.81. The normalized spacial score (nSPS) is 11.5. The number of guanidine groups is 1. The topological polar surface area (TPSA) is 54.9 Å². The van der Waals surface area contributed by atoms with E-state index in [-0.39, 0.29) is 29.5 Å². The summed E-state index contributed by atoms with van der Waals surface area (Å²) in [6.45, 7) is 9.78. The van der Waals surface area contributed by atoms with Gasteiger partial charge in [-0.05, 0) is 45.4 Å². The lowest BCUT2D eigenvalue weighted by Crippen LogP contribution is -2.47. The molecule has 5 nitrogen and oxygen atoms in total. The van der Waals surface area contributed by atoms with E-state index in [0.717, 1.165) is 29.6 Å². The number of ether oxygens (including phenoxy) is 2. The van der Waals surface area contributed by atoms with Crippen LogP contribution in [0.1, 0.15) is 33.3 Å². The Balaban J connectivity index is 0.00000441. The molecule has 0 bridgehead atoms. The van der Waals surface area contributed by atoms with Crippen molar-refractivity contribution in [2.75, 3.05) is 20.8 Å². The highest BCUT2D eigenvalue weighted by Gasteiger charge is 2.11. The van der Waals surface area contributed by atoms with Gasteiger partial charge in [-0.15, -0.1) is 24.0 Å². The zero-order valence-corrected chi connectivity index (χ0v) is 16.6. The van der Waals surface area contributed by atoms with Crippen LogP contribution < -0.4 is 20.1 Å². The van der Waals surface area contributed by atoms with Crippen LogP contribution in [0.2, 0.25) is 0 Å². The van der Waals surface area contributed by atoms with E-state index in [0.29, 0.717) is 6.54 Å². The maximum atomic E-state index is 5.31. The highest BCUT2D eigenvalue weighted by atomic mass is 127. The predicted octanol–water partition coefficient (Wildman–Crippen LogP) is 3.18. The molecule has 0 aliphatic carbocycles. The van der Waals surface area contributed by atoms with Gasteiger partial charge in [0.2, 0.25) is 0 Å². The first-order chi connectivity index (χ1) is 9.89. The van der Waals surface area contributed by atoms with Crippen LogP contribution in [0.25, 0.3) is 0 Å². The van der Waals surface area contributed by atoms with Gasteiger partial charge in [-0.2, -0.15) is 0 Å². The Morgan fingerprint density at radius 3 is 2.27 bits per heavy atom. The molecule has 126 valence electrons. The number of nitrogens with one attached hydrogen (secondary N) is 2. The molecule has 0 amide bonds. The van der Waals surface area contributed by atoms with E-state index >= 15 is 0 Å². The van der Waals surface area contributed by atoms with Crippen molar-refractivity contribution in [2.24, 2.45) is 4.99 Å². The Labute approximate surface area is 150 Å². The van der Waals surface area contributed by atoms with Crippen molar-refractivity contribution in [3.8, 4) is 11.5 Å². The summed E-state index contributed by atoms with van der Waals surface area (Å²) in [5.41, 5.74) is 1.04. The lowest BCUT2D eigenvalue weighted by Gasteiger charge is -2.23. The number of methoxy groups -OCH3 is 2. The lowest BCUT2D eigenvalue weighted by molar-refractivity contribution is 0.354. The summed E-state index contributed by atoms with van der Waals surface area (Å²) >= 11 is 0. The molecule has 0 fully saturated rings. The number of halogens is 1. The zero-order chi connectivity index (χ0) is 15.9. The molecule has 0 aliphatic rings. The van der Waals surface area contributed by atoms with Crippen LogP contribution >= 0.6 is 24.0 Å². The Kier molecular flexibility index (Phi) is 9.24. The van der Waals surface area contributed by atoms with Gasteiger partial charge in [0.05, 0.1) is 20.8 Å². The van der Waals surface area contributed by atoms with E-state index in [9.17, 15) is 0 Å². The number of hydrogen-bond donors (Lipinski definition) is 2. The molecule has 0 atom stereocenters. The van der Waals surface area contributed by atoms with Gasteiger partial charge >= 0.3 is 0 Å². The minimum Gasteiger partial charge on any atom is -0.493 e. The Morgan fingerprint density at radius 1 is 1.14 bits per heavy atom. The van der Waals surface area contributed by atoms with Crippen LogP contribution in [0, 0.1) is 0 Å². The molecule has 2 N–H and O–H groups in total. The first-order valence-corrected chi connectivity index (χ1v) is 7.17. The third-order valence-electron chi connectivity index (χ3n) is 2.71. The maximum Gasteiger partial charge on any atom is 0.191 e. The smallest absolute Gasteiger partial charge is 0.191 e. The van der Waals surface area contributed by atoms with E-state index in [4.69, 9.17) is 9.47 Å². The molecule has 0 unspecified atom stereocenters. The quantitative estimate of drug-likeness (QED) is 0.436. The molecule has 0 aromatic heterocycles. The third kappa shape index (κ3) is 7.20. The van der Waals surface area contributed by atoms with Gasteiger partial charge in [0.1, 0.15) is 0 Å². The second kappa shape index (κ2) is 9.76. The number of nitrogens with zero attached hydrogens (tertiary/aromatic N) is 1. The fraction of sp³-hybridized carbons (Fsp3) is 0.562. The number of rotatable bonds is 5. The van der Waals surface area contributed by atoms with Gasteiger partial charge in [0.15, 0.2) is 17.5 Å². The first-order valence-electron chi connectivity index (χ1n) is 7.17. The van der Waals surface area contributed by atoms with Crippen molar-refractivity contribution >= 4 is 29.9 Å². The monoisotopic (exact) mass is 421 g/mol. The first kappa shape index (κ1) is 20.8. The van der Waals surface area contributed by atoms with E-state index < -0.39 is 0 Å². The summed E-state index contributed by atoms with van der Waals surface area (Å²) < 4.78 is 10.5. The standard InChI is InChI=1S/C16H27N3O2.HI/c1-7-17-15(19-16(2,3)4)18-11-12-8-9-13(20-5)14(10-12)21-6;/h8-10H,7,11H2,1-6H3,(H2,17,18,19);1H. The molecule has 0 aliphatic heterocycles. The van der Waals surface area contributed by atoms with Crippen molar-refractivity contribution in [1.82, 2.24) is 10.6 Å². The minimum absolute atomic E-state index is 0. The van der Waals surface area contributed by atoms with Gasteiger partial charge in [-0.1, -0.05) is 6.07 Å². The summed E-state index contributed by atoms with van der Waals surface area (Å²) in [5, 5.41) is 6.60. The summed E-state index contributed by atoms with van der Waals surface area (Å²) in [6.07, 6.45) is 0. The van der Waals surface area contributed by atoms with Gasteiger partial charge < -0.3 is 20.1 Å². The fourth-order valence-corrected chi connectivity index (χ4v) is 1.81. The molecular formula is C16H28IN3O2. The molecule has 0 radical (unpaired) electrons. The molecule has 6 heteroatoms. The summed E-state index contributed by atoms with van der Waals surface area (Å²) in [5.74, 6) is 2.25. The van der Waals surface area contributed by atoms with Crippen LogP contribution in [0.5, 0.6) is 11.5 Å². The minimum atomic E-state index is -0.0292. The van der Waals surface area contributed by atoms with E-state index in [1.807, 2.05) is 18.2 Å². The van der Waals surface area contributed by atoms with E-state index in [1.165, 1.54) is 0 Å². The van der Waals surface area contributed by atoms with Crippen LogP contribution in [-0.2, 0) is 6.54 Å². The van der Waals surface area contributed by atoms with Crippen molar-refractivity contribution in [3.05, 3.63) is 23.8 Å². The molecule has 1 aromatic rings. The highest BCUT2D eigenvalue weighted by Crippen LogP contribution is 2.27. The van der Waals surface area contributed by atoms with E-state index in [2.05, 4.69) is 43.3 Å². The molecule has 22 heavy (non-hydrogen) atoms. The SMILES string of the molecule is CCNC(=NCc1ccc(OC)c(OC)c1)NC(C)(C)C.I. The summed E-state index contributed by atoms with van der Waals surface area (Å²) in [4.78, 5) is 4.60. The Morgan fingerprint density at radius 2 is 1.77 bits per heavy atom. The number of benzene rings is 1. The van der Waals surface area contributed by atoms with Crippen molar-refractivity contribution < 1.29 is 9.47 Å². The van der Waals surface area contributed by atoms with Gasteiger partial charge in [-0.25, -0.2) is 4.99 Å². The molecule has 0 heterocycles. The Hall–Kier alpha value is -1.18. The van der Waals surface area contributed by atoms with E-state index in [1.54, 1.807) is 14.2 Å². The Bertz CT molecular complexity index is 485. The second-order valence-corrected chi connectivity index (χ2v) is 5.76. The third-order valence-corrected chi connectivity index (χ3v) is 2.71. The number of aliphatic imine (C=N–C) groups is 1. The average molecular weight is 421 g/mol. The van der Waals surface area contributed by atoms with Gasteiger partial charge in [0, 0.05) is 12.1 Å². The maximum absolute atomic E-state index is 5.31. The molecule has 0 saturated carbocycles. The lowest BCUT2D eigenvalue weighted by atomic mass is 10.1. The van der Waals surface area contributed by atoms with Gasteiger partial charge in [-0.3, -0.25) is 0 Å². The zero-order valence-electron chi connectivity index (χ0n) is 14.3. The van der Waals surface area contributed by atoms with Crippen molar-refractivity contribution in [1.29, 1.82) is 0 Å².